The molecule has 0 atom stereocenters. The zero-order valence-electron chi connectivity index (χ0n) is 27.0. The van der Waals surface area contributed by atoms with Gasteiger partial charge in [0.15, 0.2) is 0 Å². The van der Waals surface area contributed by atoms with Crippen molar-refractivity contribution in [2.75, 3.05) is 0 Å². The summed E-state index contributed by atoms with van der Waals surface area (Å²) in [6, 6.07) is 38.0. The first-order valence-corrected chi connectivity index (χ1v) is 19.0. The molecule has 7 aromatic rings. The van der Waals surface area contributed by atoms with E-state index in [2.05, 4.69) is 97.2 Å². The maximum Gasteiger partial charge on any atom is 0.0795 e. The molecule has 0 unspecified atom stereocenters. The number of nitrogens with zero attached hydrogens (tertiary/aromatic N) is 2. The second-order valence-corrected chi connectivity index (χ2v) is 18.3. The van der Waals surface area contributed by atoms with E-state index in [-0.39, 0.29) is 20.1 Å². The van der Waals surface area contributed by atoms with Crippen LogP contribution >= 0.6 is 11.3 Å². The zero-order chi connectivity index (χ0) is 31.1. The molecule has 0 spiro atoms. The number of rotatable bonds is 4. The third-order valence-corrected chi connectivity index (χ3v) is 11.1. The molecule has 2 nitrogen and oxygen atoms in total. The molecule has 7 rings (SSSR count). The van der Waals surface area contributed by atoms with Gasteiger partial charge in [-0.1, -0.05) is 86.9 Å². The molecule has 0 aliphatic carbocycles. The van der Waals surface area contributed by atoms with Gasteiger partial charge >= 0.3 is 0 Å². The first-order valence-electron chi connectivity index (χ1n) is 15.2. The van der Waals surface area contributed by atoms with E-state index >= 15 is 0 Å². The minimum absolute atomic E-state index is 0. The van der Waals surface area contributed by atoms with Crippen LogP contribution in [0.2, 0.25) is 19.6 Å². The van der Waals surface area contributed by atoms with Crippen molar-refractivity contribution in [2.24, 2.45) is 0 Å². The van der Waals surface area contributed by atoms with Crippen molar-refractivity contribution >= 4 is 55.5 Å². The quantitative estimate of drug-likeness (QED) is 0.131. The smallest absolute Gasteiger partial charge is 0.0795 e. The van der Waals surface area contributed by atoms with Crippen LogP contribution in [0.4, 0.5) is 0 Å². The van der Waals surface area contributed by atoms with Crippen LogP contribution in [0.1, 0.15) is 32.2 Å². The molecule has 1 radical (unpaired) electrons. The molecule has 3 aromatic heterocycles. The van der Waals surface area contributed by atoms with Crippen LogP contribution in [0.15, 0.2) is 103 Å². The number of pyridine rings is 2. The summed E-state index contributed by atoms with van der Waals surface area (Å²) in [6.45, 7) is 13.0. The fourth-order valence-electron chi connectivity index (χ4n) is 5.37. The molecule has 0 amide bonds. The van der Waals surface area contributed by atoms with Gasteiger partial charge in [0.2, 0.25) is 0 Å². The summed E-state index contributed by atoms with van der Waals surface area (Å²) in [5.41, 5.74) is 6.23. The molecule has 5 heteroatoms. The molecule has 3 heterocycles. The maximum atomic E-state index is 8.36. The van der Waals surface area contributed by atoms with Gasteiger partial charge in [-0.25, -0.2) is 0 Å². The van der Waals surface area contributed by atoms with E-state index in [1.54, 1.807) is 17.5 Å². The van der Waals surface area contributed by atoms with Gasteiger partial charge in [-0.05, 0) is 67.9 Å². The Kier molecular flexibility index (Phi) is 9.20. The Labute approximate surface area is 281 Å². The summed E-state index contributed by atoms with van der Waals surface area (Å²) in [6.07, 6.45) is 3.82. The Morgan fingerprint density at radius 1 is 0.795 bits per heavy atom. The molecular weight excluding hydrogens is 749 g/mol. The van der Waals surface area contributed by atoms with Crippen molar-refractivity contribution < 1.29 is 21.5 Å². The average Bonchev–Trinajstić information content (AvgIpc) is 3.41. The number of hydrogen-bond donors (Lipinski definition) is 0. The molecule has 4 aromatic carbocycles. The van der Waals surface area contributed by atoms with Crippen LogP contribution in [-0.2, 0) is 20.1 Å². The molecular formula is C39H36IrN2SSi-2. The Hall–Kier alpha value is -3.47. The molecule has 0 bridgehead atoms. The van der Waals surface area contributed by atoms with Crippen molar-refractivity contribution in [3.05, 3.63) is 127 Å². The molecule has 0 saturated carbocycles. The molecule has 0 fully saturated rings. The van der Waals surface area contributed by atoms with E-state index in [1.807, 2.05) is 62.5 Å². The largest absolute Gasteiger partial charge is 0.305 e. The van der Waals surface area contributed by atoms with Crippen LogP contribution in [0.5, 0.6) is 0 Å². The summed E-state index contributed by atoms with van der Waals surface area (Å²) < 4.78 is 10.8. The van der Waals surface area contributed by atoms with E-state index in [4.69, 9.17) is 1.37 Å². The number of aryl methyl sites for hydroxylation is 1. The van der Waals surface area contributed by atoms with Crippen molar-refractivity contribution in [3.8, 4) is 22.5 Å². The summed E-state index contributed by atoms with van der Waals surface area (Å²) in [5, 5.41) is 6.57. The third-order valence-electron chi connectivity index (χ3n) is 7.88. The fraction of sp³-hybridized carbons (Fsp3) is 0.179. The van der Waals surface area contributed by atoms with Crippen LogP contribution in [0.3, 0.4) is 0 Å². The molecule has 223 valence electrons. The molecule has 0 aliphatic rings. The van der Waals surface area contributed by atoms with Gasteiger partial charge in [-0.15, -0.1) is 59.7 Å². The van der Waals surface area contributed by atoms with Gasteiger partial charge in [0.1, 0.15) is 0 Å². The van der Waals surface area contributed by atoms with E-state index in [0.717, 1.165) is 28.1 Å². The molecule has 0 saturated heterocycles. The number of thiophene rings is 1. The number of benzene rings is 4. The second-order valence-electron chi connectivity index (χ2n) is 12.2. The Bertz CT molecular complexity index is 2090. The molecule has 0 aliphatic heterocycles. The topological polar surface area (TPSA) is 25.8 Å². The van der Waals surface area contributed by atoms with Crippen molar-refractivity contribution in [1.82, 2.24) is 9.97 Å². The van der Waals surface area contributed by atoms with Crippen LogP contribution in [0, 0.1) is 19.1 Å². The first-order chi connectivity index (χ1) is 21.0. The van der Waals surface area contributed by atoms with Gasteiger partial charge in [0, 0.05) is 38.6 Å². The summed E-state index contributed by atoms with van der Waals surface area (Å²) in [5.74, 6) is -0.653. The van der Waals surface area contributed by atoms with Gasteiger partial charge < -0.3 is 9.97 Å². The Balaban J connectivity index is 0.000000202. The van der Waals surface area contributed by atoms with E-state index in [1.165, 1.54) is 41.7 Å². The number of fused-ring (bicyclic) bond motifs is 5. The normalized spacial score (nSPS) is 12.0. The van der Waals surface area contributed by atoms with Gasteiger partial charge in [0.25, 0.3) is 0 Å². The molecule has 0 N–H and O–H groups in total. The zero-order valence-corrected chi connectivity index (χ0v) is 30.2. The first kappa shape index (κ1) is 30.5. The summed E-state index contributed by atoms with van der Waals surface area (Å²) in [7, 11) is -1.23. The van der Waals surface area contributed by atoms with Crippen molar-refractivity contribution in [2.45, 2.75) is 46.3 Å². The Morgan fingerprint density at radius 3 is 2.34 bits per heavy atom. The van der Waals surface area contributed by atoms with Gasteiger partial charge in [-0.2, -0.15) is 11.3 Å². The SMILES string of the molecule is C[Si](C)(C)c1ccc(-c2[c-]cccc2)nc1.[2H]C(C)(C)c1ccnc(-c2[c-]ccc3c2sc2ccc4c(C)cccc4c23)c1.[Ir]. The van der Waals surface area contributed by atoms with E-state index in [0.29, 0.717) is 0 Å². The average molecular weight is 786 g/mol. The summed E-state index contributed by atoms with van der Waals surface area (Å²) >= 11 is 1.80. The number of aromatic nitrogens is 2. The molecule has 44 heavy (non-hydrogen) atoms. The van der Waals surface area contributed by atoms with Gasteiger partial charge in [0.05, 0.1) is 8.07 Å². The maximum absolute atomic E-state index is 8.36. The minimum atomic E-state index is -1.23. The number of hydrogen-bond acceptors (Lipinski definition) is 3. The van der Waals surface area contributed by atoms with E-state index in [9.17, 15) is 0 Å². The van der Waals surface area contributed by atoms with Crippen molar-refractivity contribution in [1.29, 1.82) is 0 Å². The fourth-order valence-corrected chi connectivity index (χ4v) is 7.63. The summed E-state index contributed by atoms with van der Waals surface area (Å²) in [4.78, 5) is 9.13. The monoisotopic (exact) mass is 786 g/mol. The predicted octanol–water partition coefficient (Wildman–Crippen LogP) is 10.6. The predicted molar refractivity (Wildman–Crippen MR) is 189 cm³/mol. The van der Waals surface area contributed by atoms with Crippen molar-refractivity contribution in [3.63, 3.8) is 0 Å². The van der Waals surface area contributed by atoms with Crippen LogP contribution in [0.25, 0.3) is 53.5 Å². The third kappa shape index (κ3) is 6.48. The van der Waals surface area contributed by atoms with E-state index < -0.39 is 14.0 Å². The van der Waals surface area contributed by atoms with Crippen LogP contribution in [-0.4, -0.2) is 18.0 Å². The Morgan fingerprint density at radius 2 is 1.64 bits per heavy atom. The standard InChI is InChI=1S/C25H20NS.C14H16NSi.Ir/c1-15(2)17-12-13-26-22(14-17)20-8-5-9-21-24-19-7-4-6-16(3)18(19)10-11-23(24)27-25(20)21;1-16(2,3)13-9-10-14(15-11-13)12-7-5-4-6-8-12;/h4-7,9-15H,1-3H3;4-7,9-11H,1-3H3;/q2*-1;/i15D;;. The van der Waals surface area contributed by atoms with Crippen LogP contribution < -0.4 is 5.19 Å². The van der Waals surface area contributed by atoms with Gasteiger partial charge in [-0.3, -0.25) is 0 Å². The second kappa shape index (κ2) is 13.3. The minimum Gasteiger partial charge on any atom is -0.305 e.